The van der Waals surface area contributed by atoms with E-state index >= 15 is 0 Å². The predicted molar refractivity (Wildman–Crippen MR) is 127 cm³/mol. The fourth-order valence-corrected chi connectivity index (χ4v) is 5.45. The first-order valence-electron chi connectivity index (χ1n) is 11.9. The minimum Gasteiger partial charge on any atom is -0.383 e. The zero-order valence-corrected chi connectivity index (χ0v) is 19.3. The summed E-state index contributed by atoms with van der Waals surface area (Å²) in [5, 5.41) is 17.4. The van der Waals surface area contributed by atoms with Gasteiger partial charge in [0.15, 0.2) is 0 Å². The Morgan fingerprint density at radius 2 is 2.03 bits per heavy atom. The van der Waals surface area contributed by atoms with Crippen LogP contribution >= 0.6 is 0 Å². The number of hydrogen-bond acceptors (Lipinski definition) is 7. The molecule has 1 saturated heterocycles. The number of carbonyl (C=O) groups is 1. The van der Waals surface area contributed by atoms with Crippen LogP contribution < -0.4 is 11.1 Å². The maximum atomic E-state index is 13.4. The van der Waals surface area contributed by atoms with E-state index in [0.717, 1.165) is 36.1 Å². The number of nitrogen functional groups attached to an aromatic ring is 1. The fourth-order valence-electron chi connectivity index (χ4n) is 5.45. The van der Waals surface area contributed by atoms with Crippen LogP contribution in [0, 0.1) is 11.3 Å². The van der Waals surface area contributed by atoms with Gasteiger partial charge in [-0.15, -0.1) is 0 Å². The van der Waals surface area contributed by atoms with E-state index in [1.807, 2.05) is 27.8 Å². The van der Waals surface area contributed by atoms with Gasteiger partial charge in [0.1, 0.15) is 17.5 Å². The molecule has 1 saturated carbocycles. The molecular formula is C25H26N8O2. The van der Waals surface area contributed by atoms with Gasteiger partial charge in [-0.25, -0.2) is 9.78 Å². The van der Waals surface area contributed by atoms with Crippen molar-refractivity contribution < 1.29 is 9.53 Å². The van der Waals surface area contributed by atoms with Gasteiger partial charge in [-0.1, -0.05) is 0 Å². The van der Waals surface area contributed by atoms with Gasteiger partial charge in [-0.2, -0.15) is 10.4 Å². The Kier molecular flexibility index (Phi) is 4.96. The number of nitrogens with one attached hydrogen (secondary N) is 1. The molecule has 0 radical (unpaired) electrons. The zero-order chi connectivity index (χ0) is 24.0. The monoisotopic (exact) mass is 470 g/mol. The number of ether oxygens (including phenoxy) is 1. The van der Waals surface area contributed by atoms with Gasteiger partial charge in [0.25, 0.3) is 0 Å². The van der Waals surface area contributed by atoms with Crippen molar-refractivity contribution in [2.75, 3.05) is 25.4 Å². The van der Waals surface area contributed by atoms with E-state index in [1.54, 1.807) is 24.7 Å². The Balaban J connectivity index is 1.24. The molecule has 6 rings (SSSR count). The Morgan fingerprint density at radius 1 is 1.20 bits per heavy atom. The lowest BCUT2D eigenvalue weighted by molar-refractivity contribution is -0.0703. The minimum absolute atomic E-state index is 0.0692. The number of rotatable bonds is 3. The van der Waals surface area contributed by atoms with Gasteiger partial charge >= 0.3 is 6.03 Å². The van der Waals surface area contributed by atoms with Crippen LogP contribution in [-0.2, 0) is 22.4 Å². The molecule has 2 aliphatic heterocycles. The maximum Gasteiger partial charge on any atom is 0.318 e. The summed E-state index contributed by atoms with van der Waals surface area (Å²) in [6, 6.07) is 9.66. The number of hydrogen-bond donors (Lipinski definition) is 2. The van der Waals surface area contributed by atoms with Gasteiger partial charge in [-0.3, -0.25) is 9.67 Å². The second-order valence-corrected chi connectivity index (χ2v) is 9.52. The average molecular weight is 471 g/mol. The molecule has 5 heterocycles. The van der Waals surface area contributed by atoms with E-state index in [9.17, 15) is 10.1 Å². The lowest BCUT2D eigenvalue weighted by Gasteiger charge is -2.44. The van der Waals surface area contributed by atoms with Crippen molar-refractivity contribution in [1.29, 1.82) is 5.26 Å². The van der Waals surface area contributed by atoms with E-state index in [2.05, 4.69) is 21.4 Å². The third-order valence-corrected chi connectivity index (χ3v) is 7.57. The topological polar surface area (TPSA) is 135 Å². The standard InChI is InChI=1S/C25H26N8O2/c26-14-17-12-18(15-29-22(17)27)20-13-21-25(35-11-10-33(21)31-20)6-9-32(16-25)23(34)30-24(4-1-5-24)19-2-7-28-8-3-19/h2-3,7-8,12-13,15H,1,4-6,9-11,16H2,(H2,27,29)(H,30,34)/t25-/m1/s1. The molecule has 10 heteroatoms. The molecule has 2 fully saturated rings. The molecule has 0 unspecified atom stereocenters. The van der Waals surface area contributed by atoms with Gasteiger partial charge < -0.3 is 20.7 Å². The highest BCUT2D eigenvalue weighted by Gasteiger charge is 2.48. The van der Waals surface area contributed by atoms with Gasteiger partial charge in [0.05, 0.1) is 42.2 Å². The Bertz CT molecular complexity index is 1330. The van der Waals surface area contributed by atoms with Crippen molar-refractivity contribution in [2.45, 2.75) is 43.4 Å². The van der Waals surface area contributed by atoms with Crippen molar-refractivity contribution in [2.24, 2.45) is 0 Å². The van der Waals surface area contributed by atoms with Crippen molar-refractivity contribution in [3.05, 3.63) is 59.7 Å². The van der Waals surface area contributed by atoms with Crippen LogP contribution in [0.5, 0.6) is 0 Å². The van der Waals surface area contributed by atoms with Gasteiger partial charge in [0.2, 0.25) is 0 Å². The molecule has 35 heavy (non-hydrogen) atoms. The average Bonchev–Trinajstić information content (AvgIpc) is 3.49. The number of likely N-dealkylation sites (tertiary alicyclic amines) is 1. The molecule has 2 amide bonds. The predicted octanol–water partition coefficient (Wildman–Crippen LogP) is 2.51. The molecule has 1 atom stereocenters. The first-order chi connectivity index (χ1) is 17.0. The summed E-state index contributed by atoms with van der Waals surface area (Å²) in [7, 11) is 0. The molecule has 3 aromatic heterocycles. The Labute approximate surface area is 202 Å². The largest absolute Gasteiger partial charge is 0.383 e. The minimum atomic E-state index is -0.608. The quantitative estimate of drug-likeness (QED) is 0.600. The summed E-state index contributed by atoms with van der Waals surface area (Å²) in [6.07, 6.45) is 8.81. The van der Waals surface area contributed by atoms with Crippen LogP contribution in [0.25, 0.3) is 11.3 Å². The maximum absolute atomic E-state index is 13.4. The number of nitriles is 1. The van der Waals surface area contributed by atoms with Crippen molar-refractivity contribution in [1.82, 2.24) is 30.0 Å². The van der Waals surface area contributed by atoms with E-state index in [4.69, 9.17) is 15.6 Å². The number of aromatic nitrogens is 4. The van der Waals surface area contributed by atoms with E-state index in [0.29, 0.717) is 43.9 Å². The van der Waals surface area contributed by atoms with Crippen LogP contribution in [0.3, 0.4) is 0 Å². The van der Waals surface area contributed by atoms with Crippen molar-refractivity contribution >= 4 is 11.8 Å². The van der Waals surface area contributed by atoms with Crippen LogP contribution in [0.15, 0.2) is 42.9 Å². The molecular weight excluding hydrogens is 444 g/mol. The number of carbonyl (C=O) groups excluding carboxylic acids is 1. The zero-order valence-electron chi connectivity index (χ0n) is 19.3. The molecule has 3 aromatic rings. The van der Waals surface area contributed by atoms with Gasteiger partial charge in [0, 0.05) is 37.1 Å². The molecule has 10 nitrogen and oxygen atoms in total. The molecule has 0 bridgehead atoms. The Hall–Kier alpha value is -3.97. The summed E-state index contributed by atoms with van der Waals surface area (Å²) in [5.74, 6) is 0.202. The lowest BCUT2D eigenvalue weighted by atomic mass is 9.72. The van der Waals surface area contributed by atoms with Crippen molar-refractivity contribution in [3.8, 4) is 17.3 Å². The van der Waals surface area contributed by atoms with Crippen molar-refractivity contribution in [3.63, 3.8) is 0 Å². The highest BCUT2D eigenvalue weighted by molar-refractivity contribution is 5.76. The van der Waals surface area contributed by atoms with Crippen LogP contribution in [-0.4, -0.2) is 50.4 Å². The van der Waals surface area contributed by atoms with E-state index < -0.39 is 5.60 Å². The number of amides is 2. The number of nitrogens with zero attached hydrogens (tertiary/aromatic N) is 6. The summed E-state index contributed by atoms with van der Waals surface area (Å²) < 4.78 is 8.27. The smallest absolute Gasteiger partial charge is 0.318 e. The third kappa shape index (κ3) is 3.51. The molecule has 0 aromatic carbocycles. The number of nitrogens with two attached hydrogens (primary N) is 1. The Morgan fingerprint density at radius 3 is 2.77 bits per heavy atom. The SMILES string of the molecule is N#Cc1cc(-c2cc3n(n2)CCO[C@@]32CCN(C(=O)NC3(c4ccncc4)CCC3)C2)cnc1N. The fraction of sp³-hybridized carbons (Fsp3) is 0.400. The van der Waals surface area contributed by atoms with Gasteiger partial charge in [-0.05, 0) is 49.1 Å². The normalized spacial score (nSPS) is 22.3. The number of urea groups is 1. The number of anilines is 1. The van der Waals surface area contributed by atoms with Crippen LogP contribution in [0.2, 0.25) is 0 Å². The summed E-state index contributed by atoms with van der Waals surface area (Å²) in [5.41, 5.74) is 8.66. The molecule has 3 aliphatic rings. The first kappa shape index (κ1) is 21.6. The lowest BCUT2D eigenvalue weighted by Crippen LogP contribution is -2.55. The molecule has 3 N–H and O–H groups in total. The first-order valence-corrected chi connectivity index (χ1v) is 11.9. The number of pyridine rings is 2. The van der Waals surface area contributed by atoms with E-state index in [-0.39, 0.29) is 17.4 Å². The van der Waals surface area contributed by atoms with E-state index in [1.165, 1.54) is 0 Å². The second-order valence-electron chi connectivity index (χ2n) is 9.52. The highest BCUT2D eigenvalue weighted by atomic mass is 16.5. The molecule has 1 aliphatic carbocycles. The molecule has 178 valence electrons. The van der Waals surface area contributed by atoms with Crippen LogP contribution in [0.4, 0.5) is 10.6 Å². The summed E-state index contributed by atoms with van der Waals surface area (Å²) >= 11 is 0. The second kappa shape index (κ2) is 8.06. The summed E-state index contributed by atoms with van der Waals surface area (Å²) in [4.78, 5) is 23.5. The van der Waals surface area contributed by atoms with Crippen LogP contribution in [0.1, 0.15) is 42.5 Å². The highest BCUT2D eigenvalue weighted by Crippen LogP contribution is 2.43. The number of fused-ring (bicyclic) bond motifs is 2. The summed E-state index contributed by atoms with van der Waals surface area (Å²) in [6.45, 7) is 2.20. The molecule has 1 spiro atoms. The third-order valence-electron chi connectivity index (χ3n) is 7.57.